The number of hydrogen-bond acceptors (Lipinski definition) is 2. The fourth-order valence-electron chi connectivity index (χ4n) is 1.82. The molecule has 0 atom stereocenters. The Hall–Kier alpha value is -1.42. The molecule has 3 nitrogen and oxygen atoms in total. The van der Waals surface area contributed by atoms with Gasteiger partial charge in [-0.3, -0.25) is 4.79 Å². The van der Waals surface area contributed by atoms with Gasteiger partial charge in [-0.25, -0.2) is 0 Å². The predicted octanol–water partition coefficient (Wildman–Crippen LogP) is 2.69. The van der Waals surface area contributed by atoms with Crippen LogP contribution in [0.1, 0.15) is 24.5 Å². The van der Waals surface area contributed by atoms with Crippen molar-refractivity contribution in [3.63, 3.8) is 0 Å². The quantitative estimate of drug-likeness (QED) is 0.764. The van der Waals surface area contributed by atoms with Crippen molar-refractivity contribution in [1.29, 1.82) is 0 Å². The summed E-state index contributed by atoms with van der Waals surface area (Å²) < 4.78 is 3.19. The third-order valence-corrected chi connectivity index (χ3v) is 4.11. The average Bonchev–Trinajstić information content (AvgIpc) is 2.62. The maximum absolute atomic E-state index is 11.4. The number of carbonyl (C=O) groups excluding carboxylic acids is 1. The van der Waals surface area contributed by atoms with Crippen LogP contribution in [-0.4, -0.2) is 10.5 Å². The molecule has 0 aliphatic rings. The third-order valence-electron chi connectivity index (χ3n) is 3.01. The van der Waals surface area contributed by atoms with Crippen LogP contribution < -0.4 is 4.80 Å². The van der Waals surface area contributed by atoms with E-state index < -0.39 is 0 Å². The van der Waals surface area contributed by atoms with Gasteiger partial charge in [-0.05, 0) is 31.0 Å². The minimum absolute atomic E-state index is 0.0680. The lowest BCUT2D eigenvalue weighted by Gasteiger charge is -2.03. The van der Waals surface area contributed by atoms with Crippen molar-refractivity contribution < 1.29 is 4.79 Å². The van der Waals surface area contributed by atoms with E-state index >= 15 is 0 Å². The molecule has 0 unspecified atom stereocenters. The summed E-state index contributed by atoms with van der Waals surface area (Å²) in [6.07, 6.45) is 0.451. The van der Waals surface area contributed by atoms with Crippen LogP contribution >= 0.6 is 11.3 Å². The number of aryl methyl sites for hydroxylation is 3. The molecule has 2 aromatic rings. The van der Waals surface area contributed by atoms with Gasteiger partial charge >= 0.3 is 0 Å². The first kappa shape index (κ1) is 12.0. The molecule has 0 radical (unpaired) electrons. The van der Waals surface area contributed by atoms with Gasteiger partial charge in [-0.2, -0.15) is 4.99 Å². The molecule has 4 heteroatoms. The highest BCUT2D eigenvalue weighted by Crippen LogP contribution is 2.22. The lowest BCUT2D eigenvalue weighted by molar-refractivity contribution is -0.117. The van der Waals surface area contributed by atoms with Gasteiger partial charge in [0.05, 0.1) is 10.2 Å². The van der Waals surface area contributed by atoms with Gasteiger partial charge in [-0.1, -0.05) is 24.3 Å². The number of thiazole rings is 1. The molecule has 0 aliphatic carbocycles. The van der Waals surface area contributed by atoms with Gasteiger partial charge in [0.1, 0.15) is 0 Å². The number of carbonyl (C=O) groups is 1. The molecule has 0 spiro atoms. The molecule has 1 aromatic carbocycles. The molecule has 0 saturated heterocycles. The van der Waals surface area contributed by atoms with E-state index in [-0.39, 0.29) is 5.91 Å². The third kappa shape index (κ3) is 2.05. The average molecular weight is 248 g/mol. The lowest BCUT2D eigenvalue weighted by Crippen LogP contribution is -2.13. The topological polar surface area (TPSA) is 34.4 Å². The highest BCUT2D eigenvalue weighted by molar-refractivity contribution is 7.16. The zero-order valence-electron chi connectivity index (χ0n) is 10.6. The molecule has 0 bridgehead atoms. The SMILES string of the molecule is CCC(=O)N=c1sc2ccc(C)c(C)c2n1C. The second-order valence-electron chi connectivity index (χ2n) is 4.16. The summed E-state index contributed by atoms with van der Waals surface area (Å²) in [4.78, 5) is 16.3. The van der Waals surface area contributed by atoms with Gasteiger partial charge in [-0.15, -0.1) is 0 Å². The zero-order valence-corrected chi connectivity index (χ0v) is 11.4. The molecule has 1 heterocycles. The van der Waals surface area contributed by atoms with Crippen LogP contribution in [0.3, 0.4) is 0 Å². The van der Waals surface area contributed by atoms with Crippen LogP contribution in [0.2, 0.25) is 0 Å². The molecular formula is C13H16N2OS. The molecule has 90 valence electrons. The van der Waals surface area contributed by atoms with Crippen molar-refractivity contribution >= 4 is 27.5 Å². The Balaban J connectivity index is 2.78. The number of rotatable bonds is 1. The normalized spacial score (nSPS) is 12.4. The summed E-state index contributed by atoms with van der Waals surface area (Å²) in [7, 11) is 1.97. The van der Waals surface area contributed by atoms with Crippen molar-refractivity contribution in [1.82, 2.24) is 4.57 Å². The number of aromatic nitrogens is 1. The fourth-order valence-corrected chi connectivity index (χ4v) is 2.92. The van der Waals surface area contributed by atoms with Crippen LogP contribution in [-0.2, 0) is 11.8 Å². The Kier molecular flexibility index (Phi) is 3.15. The van der Waals surface area contributed by atoms with E-state index in [1.807, 2.05) is 18.5 Å². The van der Waals surface area contributed by atoms with Crippen molar-refractivity contribution in [2.75, 3.05) is 0 Å². The smallest absolute Gasteiger partial charge is 0.248 e. The minimum Gasteiger partial charge on any atom is -0.319 e. The van der Waals surface area contributed by atoms with E-state index in [1.54, 1.807) is 11.3 Å². The van der Waals surface area contributed by atoms with Crippen LogP contribution in [0.15, 0.2) is 17.1 Å². The van der Waals surface area contributed by atoms with Crippen molar-refractivity contribution in [2.24, 2.45) is 12.0 Å². The Morgan fingerprint density at radius 3 is 2.76 bits per heavy atom. The van der Waals surface area contributed by atoms with Crippen LogP contribution in [0.25, 0.3) is 10.2 Å². The first-order chi connectivity index (χ1) is 8.04. The number of benzene rings is 1. The number of amides is 1. The number of hydrogen-bond donors (Lipinski definition) is 0. The Morgan fingerprint density at radius 2 is 2.12 bits per heavy atom. The van der Waals surface area contributed by atoms with Crippen molar-refractivity contribution in [3.8, 4) is 0 Å². The Bertz CT molecular complexity index is 649. The van der Waals surface area contributed by atoms with Gasteiger partial charge in [0, 0.05) is 13.5 Å². The summed E-state index contributed by atoms with van der Waals surface area (Å²) in [5, 5.41) is 0. The molecule has 0 fully saturated rings. The Morgan fingerprint density at radius 1 is 1.41 bits per heavy atom. The zero-order chi connectivity index (χ0) is 12.6. The van der Waals surface area contributed by atoms with E-state index in [2.05, 4.69) is 31.0 Å². The maximum atomic E-state index is 11.4. The molecular weight excluding hydrogens is 232 g/mol. The summed E-state index contributed by atoms with van der Waals surface area (Å²) in [5.41, 5.74) is 3.70. The molecule has 1 aromatic heterocycles. The van der Waals surface area contributed by atoms with Crippen LogP contribution in [0.4, 0.5) is 0 Å². The first-order valence-electron chi connectivity index (χ1n) is 5.68. The number of fused-ring (bicyclic) bond motifs is 1. The van der Waals surface area contributed by atoms with Gasteiger partial charge < -0.3 is 4.57 Å². The van der Waals surface area contributed by atoms with Crippen molar-refractivity contribution in [3.05, 3.63) is 28.1 Å². The fraction of sp³-hybridized carbons (Fsp3) is 0.385. The standard InChI is InChI=1S/C13H16N2OS/c1-5-11(16)14-13-15(4)12-9(3)8(2)6-7-10(12)17-13/h6-7H,5H2,1-4H3. The summed E-state index contributed by atoms with van der Waals surface area (Å²) in [6, 6.07) is 4.21. The van der Waals surface area contributed by atoms with Gasteiger partial charge in [0.15, 0.2) is 4.80 Å². The molecule has 0 saturated carbocycles. The number of nitrogens with zero attached hydrogens (tertiary/aromatic N) is 2. The molecule has 1 amide bonds. The van der Waals surface area contributed by atoms with Crippen LogP contribution in [0.5, 0.6) is 0 Å². The van der Waals surface area contributed by atoms with Gasteiger partial charge in [0.25, 0.3) is 0 Å². The molecule has 17 heavy (non-hydrogen) atoms. The Labute approximate surface area is 104 Å². The highest BCUT2D eigenvalue weighted by Gasteiger charge is 2.07. The summed E-state index contributed by atoms with van der Waals surface area (Å²) in [5.74, 6) is -0.0680. The summed E-state index contributed by atoms with van der Waals surface area (Å²) >= 11 is 1.57. The molecule has 2 rings (SSSR count). The monoisotopic (exact) mass is 248 g/mol. The van der Waals surface area contributed by atoms with E-state index in [9.17, 15) is 4.79 Å². The van der Waals surface area contributed by atoms with E-state index in [0.717, 1.165) is 4.80 Å². The largest absolute Gasteiger partial charge is 0.319 e. The summed E-state index contributed by atoms with van der Waals surface area (Å²) in [6.45, 7) is 6.03. The second kappa shape index (κ2) is 4.45. The van der Waals surface area contributed by atoms with E-state index in [0.29, 0.717) is 6.42 Å². The van der Waals surface area contributed by atoms with Crippen LogP contribution in [0, 0.1) is 13.8 Å². The molecule has 0 aliphatic heterocycles. The predicted molar refractivity (Wildman–Crippen MR) is 71.1 cm³/mol. The van der Waals surface area contributed by atoms with Crippen molar-refractivity contribution in [2.45, 2.75) is 27.2 Å². The first-order valence-corrected chi connectivity index (χ1v) is 6.49. The van der Waals surface area contributed by atoms with E-state index in [1.165, 1.54) is 21.3 Å². The minimum atomic E-state index is -0.0680. The van der Waals surface area contributed by atoms with Gasteiger partial charge in [0.2, 0.25) is 5.91 Å². The second-order valence-corrected chi connectivity index (χ2v) is 5.17. The maximum Gasteiger partial charge on any atom is 0.248 e. The van der Waals surface area contributed by atoms with E-state index in [4.69, 9.17) is 0 Å². The molecule has 0 N–H and O–H groups in total. The lowest BCUT2D eigenvalue weighted by atomic mass is 10.1. The highest BCUT2D eigenvalue weighted by atomic mass is 32.1.